The smallest absolute Gasteiger partial charge is 0.303 e. The maximum absolute atomic E-state index is 10.5. The zero-order valence-corrected chi connectivity index (χ0v) is 15.0. The minimum atomic E-state index is -0.742. The number of carboxylic acid groups (broad SMARTS) is 1. The van der Waals surface area contributed by atoms with Crippen LogP contribution in [0.5, 0.6) is 5.75 Å². The molecule has 5 nitrogen and oxygen atoms in total. The van der Waals surface area contributed by atoms with E-state index in [9.17, 15) is 9.90 Å². The van der Waals surface area contributed by atoms with Gasteiger partial charge in [0.2, 0.25) is 0 Å². The summed E-state index contributed by atoms with van der Waals surface area (Å²) in [4.78, 5) is 10.5. The van der Waals surface area contributed by atoms with E-state index in [0.29, 0.717) is 13.0 Å². The topological polar surface area (TPSA) is 76.0 Å². The molecule has 0 radical (unpaired) electrons. The number of aliphatic carboxylic acids is 1. The molecule has 0 aliphatic carbocycles. The second kappa shape index (κ2) is 9.02. The number of ether oxygens (including phenoxy) is 2. The van der Waals surface area contributed by atoms with Crippen LogP contribution in [-0.2, 0) is 14.3 Å². The Morgan fingerprint density at radius 1 is 1.28 bits per heavy atom. The van der Waals surface area contributed by atoms with Crippen molar-refractivity contribution in [1.29, 1.82) is 0 Å². The Balaban J connectivity index is 1.93. The van der Waals surface area contributed by atoms with Crippen LogP contribution in [0.1, 0.15) is 57.6 Å². The summed E-state index contributed by atoms with van der Waals surface area (Å²) in [5, 5.41) is 18.8. The summed E-state index contributed by atoms with van der Waals surface area (Å²) in [6.07, 6.45) is 7.42. The highest BCUT2D eigenvalue weighted by atomic mass is 16.7. The number of para-hydroxylation sites is 1. The minimum absolute atomic E-state index is 0.122. The quantitative estimate of drug-likeness (QED) is 0.537. The van der Waals surface area contributed by atoms with E-state index in [4.69, 9.17) is 14.6 Å². The molecule has 0 spiro atoms. The average Bonchev–Trinajstić information content (AvgIpc) is 2.55. The van der Waals surface area contributed by atoms with Gasteiger partial charge in [0.05, 0.1) is 12.7 Å². The largest absolute Gasteiger partial charge is 0.508 e. The van der Waals surface area contributed by atoms with Crippen LogP contribution < -0.4 is 0 Å². The van der Waals surface area contributed by atoms with Crippen LogP contribution in [0.2, 0.25) is 0 Å². The molecule has 5 heteroatoms. The van der Waals surface area contributed by atoms with Crippen molar-refractivity contribution < 1.29 is 24.5 Å². The molecule has 25 heavy (non-hydrogen) atoms. The van der Waals surface area contributed by atoms with E-state index in [0.717, 1.165) is 24.8 Å². The standard InChI is InChI=1S/C20H28O5/c1-20(2)24-14-15(10-6-4-3-5-7-13-18(22)23)19(25-20)16-11-8-9-12-17(16)21/h4,6,8-9,11-12,15,19,21H,3,5,7,10,13-14H2,1-2H3,(H,22,23). The van der Waals surface area contributed by atoms with Crippen LogP contribution in [0.15, 0.2) is 36.4 Å². The number of benzene rings is 1. The molecule has 0 saturated carbocycles. The number of aromatic hydroxyl groups is 1. The Bertz CT molecular complexity index is 594. The molecule has 2 rings (SSSR count). The lowest BCUT2D eigenvalue weighted by atomic mass is 9.91. The van der Waals surface area contributed by atoms with Crippen LogP contribution >= 0.6 is 0 Å². The van der Waals surface area contributed by atoms with E-state index in [1.807, 2.05) is 26.0 Å². The Hall–Kier alpha value is -1.85. The lowest BCUT2D eigenvalue weighted by Gasteiger charge is -2.41. The van der Waals surface area contributed by atoms with Crippen molar-refractivity contribution in [3.05, 3.63) is 42.0 Å². The zero-order chi connectivity index (χ0) is 18.3. The third-order valence-electron chi connectivity index (χ3n) is 4.34. The van der Waals surface area contributed by atoms with Gasteiger partial charge in [0.1, 0.15) is 5.75 Å². The maximum atomic E-state index is 10.5. The Morgan fingerprint density at radius 3 is 2.76 bits per heavy atom. The predicted octanol–water partition coefficient (Wildman–Crippen LogP) is 4.42. The van der Waals surface area contributed by atoms with Crippen molar-refractivity contribution in [1.82, 2.24) is 0 Å². The zero-order valence-electron chi connectivity index (χ0n) is 15.0. The van der Waals surface area contributed by atoms with Crippen LogP contribution in [0.3, 0.4) is 0 Å². The number of rotatable bonds is 8. The van der Waals surface area contributed by atoms with Crippen molar-refractivity contribution in [2.45, 2.75) is 57.8 Å². The van der Waals surface area contributed by atoms with Gasteiger partial charge >= 0.3 is 5.97 Å². The van der Waals surface area contributed by atoms with Gasteiger partial charge in [-0.1, -0.05) is 30.4 Å². The SMILES string of the molecule is CC1(C)OCC(CC=CCCCCC(=O)O)C(c2ccccc2O)O1. The fourth-order valence-electron chi connectivity index (χ4n) is 3.00. The van der Waals surface area contributed by atoms with Gasteiger partial charge in [-0.05, 0) is 45.6 Å². The molecule has 1 aromatic carbocycles. The molecule has 0 amide bonds. The Morgan fingerprint density at radius 2 is 2.04 bits per heavy atom. The van der Waals surface area contributed by atoms with Crippen molar-refractivity contribution in [2.24, 2.45) is 5.92 Å². The first-order chi connectivity index (χ1) is 11.9. The van der Waals surface area contributed by atoms with Gasteiger partial charge in [-0.15, -0.1) is 0 Å². The van der Waals surface area contributed by atoms with Crippen LogP contribution in [0.4, 0.5) is 0 Å². The first kappa shape index (κ1) is 19.5. The number of phenolic OH excluding ortho intramolecular Hbond substituents is 1. The predicted molar refractivity (Wildman–Crippen MR) is 95.3 cm³/mol. The van der Waals surface area contributed by atoms with Crippen LogP contribution in [0, 0.1) is 5.92 Å². The van der Waals surface area contributed by atoms with E-state index >= 15 is 0 Å². The Kier molecular flexibility index (Phi) is 7.02. The lowest BCUT2D eigenvalue weighted by molar-refractivity contribution is -0.295. The number of carboxylic acids is 1. The monoisotopic (exact) mass is 348 g/mol. The lowest BCUT2D eigenvalue weighted by Crippen LogP contribution is -2.41. The number of carbonyl (C=O) groups is 1. The molecule has 1 heterocycles. The van der Waals surface area contributed by atoms with Crippen molar-refractivity contribution >= 4 is 5.97 Å². The van der Waals surface area contributed by atoms with Crippen molar-refractivity contribution in [3.63, 3.8) is 0 Å². The minimum Gasteiger partial charge on any atom is -0.508 e. The highest BCUT2D eigenvalue weighted by molar-refractivity contribution is 5.66. The summed E-state index contributed by atoms with van der Waals surface area (Å²) in [6, 6.07) is 7.27. The number of hydrogen-bond donors (Lipinski definition) is 2. The number of phenols is 1. The van der Waals surface area contributed by atoms with Gasteiger partial charge in [-0.25, -0.2) is 0 Å². The summed E-state index contributed by atoms with van der Waals surface area (Å²) < 4.78 is 11.9. The molecule has 0 aromatic heterocycles. The second-order valence-electron chi connectivity index (χ2n) is 6.91. The molecule has 1 aromatic rings. The van der Waals surface area contributed by atoms with Crippen LogP contribution in [0.25, 0.3) is 0 Å². The molecule has 1 aliphatic rings. The highest BCUT2D eigenvalue weighted by Crippen LogP contribution is 2.41. The fourth-order valence-corrected chi connectivity index (χ4v) is 3.00. The molecular formula is C20H28O5. The summed E-state index contributed by atoms with van der Waals surface area (Å²) in [5.74, 6) is -1.05. The average molecular weight is 348 g/mol. The molecule has 1 aliphatic heterocycles. The first-order valence-electron chi connectivity index (χ1n) is 8.85. The van der Waals surface area contributed by atoms with Crippen molar-refractivity contribution in [3.8, 4) is 5.75 Å². The second-order valence-corrected chi connectivity index (χ2v) is 6.91. The normalized spacial score (nSPS) is 23.0. The van der Waals surface area contributed by atoms with Gasteiger partial charge in [0.25, 0.3) is 0 Å². The molecule has 2 unspecified atom stereocenters. The summed E-state index contributed by atoms with van der Waals surface area (Å²) in [6.45, 7) is 4.33. The summed E-state index contributed by atoms with van der Waals surface area (Å²) in [5.41, 5.74) is 0.790. The number of allylic oxidation sites excluding steroid dienone is 2. The van der Waals surface area contributed by atoms with Gasteiger partial charge in [0.15, 0.2) is 5.79 Å². The molecular weight excluding hydrogens is 320 g/mol. The van der Waals surface area contributed by atoms with E-state index in [2.05, 4.69) is 12.2 Å². The molecule has 2 N–H and O–H groups in total. The van der Waals surface area contributed by atoms with Gasteiger partial charge in [-0.3, -0.25) is 4.79 Å². The molecule has 1 fully saturated rings. The summed E-state index contributed by atoms with van der Waals surface area (Å²) >= 11 is 0. The van der Waals surface area contributed by atoms with Crippen LogP contribution in [-0.4, -0.2) is 28.6 Å². The van der Waals surface area contributed by atoms with Gasteiger partial charge in [0, 0.05) is 17.9 Å². The molecule has 138 valence electrons. The molecule has 0 bridgehead atoms. The third kappa shape index (κ3) is 6.18. The van der Waals surface area contributed by atoms with Crippen molar-refractivity contribution in [2.75, 3.05) is 6.61 Å². The first-order valence-corrected chi connectivity index (χ1v) is 8.85. The number of unbranched alkanes of at least 4 members (excludes halogenated alkanes) is 2. The third-order valence-corrected chi connectivity index (χ3v) is 4.34. The molecule has 1 saturated heterocycles. The van der Waals surface area contributed by atoms with Gasteiger partial charge in [-0.2, -0.15) is 0 Å². The summed E-state index contributed by atoms with van der Waals surface area (Å²) in [7, 11) is 0. The fraction of sp³-hybridized carbons (Fsp3) is 0.550. The van der Waals surface area contributed by atoms with E-state index in [1.165, 1.54) is 0 Å². The van der Waals surface area contributed by atoms with E-state index < -0.39 is 11.8 Å². The number of hydrogen-bond acceptors (Lipinski definition) is 4. The van der Waals surface area contributed by atoms with Gasteiger partial charge < -0.3 is 19.7 Å². The maximum Gasteiger partial charge on any atom is 0.303 e. The Labute approximate surface area is 149 Å². The highest BCUT2D eigenvalue weighted by Gasteiger charge is 2.37. The molecule has 2 atom stereocenters. The van der Waals surface area contributed by atoms with E-state index in [-0.39, 0.29) is 24.2 Å². The van der Waals surface area contributed by atoms with E-state index in [1.54, 1.807) is 12.1 Å².